The number of benzene rings is 2. The van der Waals surface area contributed by atoms with Gasteiger partial charge in [-0.1, -0.05) is 12.1 Å². The molecule has 0 saturated carbocycles. The van der Waals surface area contributed by atoms with Crippen LogP contribution in [0.15, 0.2) is 47.8 Å². The molecule has 0 fully saturated rings. The number of anilines is 2. The minimum atomic E-state index is -3.37. The van der Waals surface area contributed by atoms with Crippen LogP contribution in [0.25, 0.3) is 11.3 Å². The van der Waals surface area contributed by atoms with Crippen molar-refractivity contribution < 1.29 is 13.2 Å². The molecule has 1 atom stereocenters. The van der Waals surface area contributed by atoms with E-state index in [-0.39, 0.29) is 11.9 Å². The number of thiazole rings is 1. The molecule has 1 aromatic heterocycles. The Kier molecular flexibility index (Phi) is 5.05. The van der Waals surface area contributed by atoms with Crippen LogP contribution in [-0.4, -0.2) is 31.6 Å². The number of carbonyl (C=O) groups is 1. The average molecular weight is 439 g/mol. The molecule has 0 aliphatic carbocycles. The summed E-state index contributed by atoms with van der Waals surface area (Å²) in [5.41, 5.74) is 4.05. The second-order valence-electron chi connectivity index (χ2n) is 7.14. The fourth-order valence-corrected chi connectivity index (χ4v) is 5.58. The Balaban J connectivity index is 1.52. The molecule has 2 aromatic carbocycles. The third-order valence-corrected chi connectivity index (χ3v) is 6.92. The van der Waals surface area contributed by atoms with E-state index in [2.05, 4.69) is 16.4 Å². The summed E-state index contributed by atoms with van der Waals surface area (Å²) in [4.78, 5) is 17.1. The van der Waals surface area contributed by atoms with E-state index in [0.717, 1.165) is 11.1 Å². The summed E-state index contributed by atoms with van der Waals surface area (Å²) in [5.74, 6) is -0.302. The van der Waals surface area contributed by atoms with Gasteiger partial charge in [-0.25, -0.2) is 13.4 Å². The number of nitrogens with one attached hydrogen (secondary N) is 1. The van der Waals surface area contributed by atoms with E-state index in [0.29, 0.717) is 34.1 Å². The quantitative estimate of drug-likeness (QED) is 0.670. The van der Waals surface area contributed by atoms with Crippen molar-refractivity contribution in [2.24, 2.45) is 0 Å². The van der Waals surface area contributed by atoms with Gasteiger partial charge in [0.25, 0.3) is 5.91 Å². The number of nitrogens with zero attached hydrogens (tertiary/aromatic N) is 3. The van der Waals surface area contributed by atoms with Gasteiger partial charge >= 0.3 is 0 Å². The van der Waals surface area contributed by atoms with Crippen molar-refractivity contribution in [1.29, 1.82) is 5.26 Å². The van der Waals surface area contributed by atoms with Crippen LogP contribution >= 0.6 is 11.3 Å². The smallest absolute Gasteiger partial charge is 0.257 e. The minimum Gasteiger partial charge on any atom is -0.298 e. The number of amides is 1. The van der Waals surface area contributed by atoms with Gasteiger partial charge in [0.15, 0.2) is 5.13 Å². The van der Waals surface area contributed by atoms with Gasteiger partial charge in [0.05, 0.1) is 29.3 Å². The van der Waals surface area contributed by atoms with Gasteiger partial charge in [-0.15, -0.1) is 11.3 Å². The number of hydrogen-bond donors (Lipinski definition) is 1. The van der Waals surface area contributed by atoms with Gasteiger partial charge in [-0.2, -0.15) is 5.26 Å². The fraction of sp³-hybridized carbons (Fsp3) is 0.190. The zero-order valence-corrected chi connectivity index (χ0v) is 17.9. The Bertz CT molecular complexity index is 1270. The molecule has 30 heavy (non-hydrogen) atoms. The minimum absolute atomic E-state index is 0.178. The van der Waals surface area contributed by atoms with Gasteiger partial charge in [0.2, 0.25) is 10.0 Å². The Morgan fingerprint density at radius 1 is 1.27 bits per heavy atom. The molecule has 3 aromatic rings. The predicted molar refractivity (Wildman–Crippen MR) is 117 cm³/mol. The molecular weight excluding hydrogens is 420 g/mol. The van der Waals surface area contributed by atoms with Gasteiger partial charge < -0.3 is 0 Å². The zero-order chi connectivity index (χ0) is 21.5. The van der Waals surface area contributed by atoms with Crippen LogP contribution in [0, 0.1) is 11.3 Å². The number of fused-ring (bicyclic) bond motifs is 1. The molecule has 9 heteroatoms. The number of hydrogen-bond acceptors (Lipinski definition) is 6. The van der Waals surface area contributed by atoms with Crippen LogP contribution < -0.4 is 9.62 Å². The van der Waals surface area contributed by atoms with Crippen molar-refractivity contribution in [3.63, 3.8) is 0 Å². The van der Waals surface area contributed by atoms with E-state index < -0.39 is 10.0 Å². The lowest BCUT2D eigenvalue weighted by Gasteiger charge is -2.21. The standard InChI is InChI=1S/C21H18N4O3S2/c1-13-9-17-10-16(7-8-19(17)25(13)30(2,27)28)20(26)24-21-23-18(12-29-21)15-5-3-14(11-22)4-6-15/h3-8,10,12-13H,9H2,1-2H3,(H,23,24,26). The highest BCUT2D eigenvalue weighted by Crippen LogP contribution is 2.35. The lowest BCUT2D eigenvalue weighted by molar-refractivity contribution is 0.102. The summed E-state index contributed by atoms with van der Waals surface area (Å²) in [6.45, 7) is 1.85. The van der Waals surface area contributed by atoms with Crippen molar-refractivity contribution >= 4 is 38.1 Å². The summed E-state index contributed by atoms with van der Waals surface area (Å²) in [5, 5.41) is 14.0. The molecule has 152 valence electrons. The highest BCUT2D eigenvalue weighted by Gasteiger charge is 2.32. The highest BCUT2D eigenvalue weighted by atomic mass is 32.2. The highest BCUT2D eigenvalue weighted by molar-refractivity contribution is 7.92. The van der Waals surface area contributed by atoms with E-state index in [4.69, 9.17) is 5.26 Å². The molecule has 1 aliphatic heterocycles. The summed E-state index contributed by atoms with van der Waals surface area (Å²) >= 11 is 1.31. The van der Waals surface area contributed by atoms with Crippen molar-refractivity contribution in [2.45, 2.75) is 19.4 Å². The number of nitriles is 1. The molecule has 4 rings (SSSR count). The van der Waals surface area contributed by atoms with Gasteiger partial charge in [-0.3, -0.25) is 14.4 Å². The van der Waals surface area contributed by atoms with E-state index >= 15 is 0 Å². The second-order valence-corrected chi connectivity index (χ2v) is 9.85. The fourth-order valence-electron chi connectivity index (χ4n) is 3.60. The number of aromatic nitrogens is 1. The number of carbonyl (C=O) groups excluding carboxylic acids is 1. The second kappa shape index (κ2) is 7.55. The molecule has 0 saturated heterocycles. The van der Waals surface area contributed by atoms with Crippen molar-refractivity contribution in [3.05, 3.63) is 64.5 Å². The van der Waals surface area contributed by atoms with Gasteiger partial charge in [0, 0.05) is 22.5 Å². The van der Waals surface area contributed by atoms with Crippen LogP contribution in [0.1, 0.15) is 28.4 Å². The molecule has 2 heterocycles. The third-order valence-electron chi connectivity index (χ3n) is 4.89. The average Bonchev–Trinajstić information content (AvgIpc) is 3.30. The molecule has 0 radical (unpaired) electrons. The molecule has 0 spiro atoms. The maximum absolute atomic E-state index is 12.7. The molecule has 1 aliphatic rings. The number of sulfonamides is 1. The number of rotatable bonds is 4. The van der Waals surface area contributed by atoms with E-state index in [1.807, 2.05) is 24.4 Å². The van der Waals surface area contributed by atoms with Crippen LogP contribution in [0.5, 0.6) is 0 Å². The van der Waals surface area contributed by atoms with Crippen molar-refractivity contribution in [3.8, 4) is 17.3 Å². The van der Waals surface area contributed by atoms with Gasteiger partial charge in [-0.05, 0) is 49.2 Å². The van der Waals surface area contributed by atoms with E-state index in [1.54, 1.807) is 30.3 Å². The van der Waals surface area contributed by atoms with Crippen LogP contribution in [0.2, 0.25) is 0 Å². The summed E-state index contributed by atoms with van der Waals surface area (Å²) in [6, 6.07) is 14.0. The van der Waals surface area contributed by atoms with Crippen LogP contribution in [0.3, 0.4) is 0 Å². The lowest BCUT2D eigenvalue weighted by Crippen LogP contribution is -2.34. The third kappa shape index (κ3) is 3.79. The Labute approximate surface area is 178 Å². The Morgan fingerprint density at radius 2 is 2.00 bits per heavy atom. The van der Waals surface area contributed by atoms with Crippen molar-refractivity contribution in [2.75, 3.05) is 15.9 Å². The van der Waals surface area contributed by atoms with E-state index in [9.17, 15) is 13.2 Å². The largest absolute Gasteiger partial charge is 0.298 e. The Morgan fingerprint density at radius 3 is 2.67 bits per heavy atom. The maximum atomic E-state index is 12.7. The van der Waals surface area contributed by atoms with Crippen LogP contribution in [0.4, 0.5) is 10.8 Å². The van der Waals surface area contributed by atoms with Gasteiger partial charge in [0.1, 0.15) is 0 Å². The predicted octanol–water partition coefficient (Wildman–Crippen LogP) is 3.64. The molecule has 1 amide bonds. The van der Waals surface area contributed by atoms with Crippen molar-refractivity contribution in [1.82, 2.24) is 4.98 Å². The topological polar surface area (TPSA) is 103 Å². The van der Waals surface area contributed by atoms with E-state index in [1.165, 1.54) is 21.9 Å². The molecule has 7 nitrogen and oxygen atoms in total. The first-order chi connectivity index (χ1) is 14.3. The Hall–Kier alpha value is -3.22. The monoisotopic (exact) mass is 438 g/mol. The first-order valence-corrected chi connectivity index (χ1v) is 11.9. The zero-order valence-electron chi connectivity index (χ0n) is 16.3. The molecule has 1 unspecified atom stereocenters. The molecule has 1 N–H and O–H groups in total. The molecular formula is C21H18N4O3S2. The lowest BCUT2D eigenvalue weighted by atomic mass is 10.1. The molecule has 0 bridgehead atoms. The first-order valence-electron chi connectivity index (χ1n) is 9.16. The summed E-state index contributed by atoms with van der Waals surface area (Å²) < 4.78 is 25.5. The summed E-state index contributed by atoms with van der Waals surface area (Å²) in [7, 11) is -3.37. The first kappa shape index (κ1) is 20.1. The SMILES string of the molecule is CC1Cc2cc(C(=O)Nc3nc(-c4ccc(C#N)cc4)cs3)ccc2N1S(C)(=O)=O. The normalized spacial score (nSPS) is 15.5. The maximum Gasteiger partial charge on any atom is 0.257 e. The van der Waals surface area contributed by atoms with Crippen LogP contribution in [-0.2, 0) is 16.4 Å². The summed E-state index contributed by atoms with van der Waals surface area (Å²) in [6.07, 6.45) is 1.75.